The van der Waals surface area contributed by atoms with Gasteiger partial charge in [-0.05, 0) is 112 Å². The molecule has 14 heteroatoms. The Hall–Kier alpha value is -3.20. The van der Waals surface area contributed by atoms with Gasteiger partial charge in [-0.25, -0.2) is 4.79 Å². The fraction of sp³-hybridized carbons (Fsp3) is 0.394. The van der Waals surface area contributed by atoms with Crippen LogP contribution in [0.2, 0.25) is 0 Å². The molecule has 1 saturated heterocycles. The van der Waals surface area contributed by atoms with Crippen LogP contribution in [-0.4, -0.2) is 84.2 Å². The van der Waals surface area contributed by atoms with Gasteiger partial charge in [0.1, 0.15) is 17.8 Å². The molecule has 1 aliphatic heterocycles. The summed E-state index contributed by atoms with van der Waals surface area (Å²) in [4.78, 5) is 48.8. The number of carbonyl (C=O) groups excluding carboxylic acids is 3. The Morgan fingerprint density at radius 2 is 1.60 bits per heavy atom. The number of amides is 4. The molecule has 0 saturated carbocycles. The van der Waals surface area contributed by atoms with Crippen LogP contribution in [0.5, 0.6) is 5.75 Å². The summed E-state index contributed by atoms with van der Waals surface area (Å²) in [5, 5.41) is 18.8. The van der Waals surface area contributed by atoms with Crippen LogP contribution in [0.1, 0.15) is 30.4 Å². The van der Waals surface area contributed by atoms with Crippen LogP contribution in [0, 0.1) is 0 Å². The predicted octanol–water partition coefficient (Wildman–Crippen LogP) is 4.49. The van der Waals surface area contributed by atoms with E-state index in [-0.39, 0.29) is 18.1 Å². The molecule has 4 rings (SSSR count). The second kappa shape index (κ2) is 18.4. The Labute approximate surface area is 300 Å². The second-order valence-electron chi connectivity index (χ2n) is 11.3. The van der Waals surface area contributed by atoms with Crippen molar-refractivity contribution in [3.8, 4) is 5.75 Å². The first-order chi connectivity index (χ1) is 22.6. The number of aromatic nitrogens is 1. The highest BCUT2D eigenvalue weighted by atomic mass is 79.9. The first kappa shape index (κ1) is 36.6. The van der Waals surface area contributed by atoms with Crippen molar-refractivity contribution in [2.45, 2.75) is 44.2 Å². The summed E-state index contributed by atoms with van der Waals surface area (Å²) in [7, 11) is 0. The van der Waals surface area contributed by atoms with E-state index in [1.54, 1.807) is 29.4 Å². The number of halogens is 3. The van der Waals surface area contributed by atoms with Crippen molar-refractivity contribution in [3.63, 3.8) is 0 Å². The molecule has 0 spiro atoms. The molecular formula is C33H40Br3N7O4. The molecular weight excluding hydrogens is 798 g/mol. The maximum Gasteiger partial charge on any atom is 0.315 e. The number of anilines is 1. The van der Waals surface area contributed by atoms with E-state index >= 15 is 0 Å². The largest absolute Gasteiger partial charge is 0.506 e. The molecule has 11 nitrogen and oxygen atoms in total. The van der Waals surface area contributed by atoms with Gasteiger partial charge in [-0.15, -0.1) is 0 Å². The number of pyridine rings is 1. The molecule has 0 radical (unpaired) electrons. The minimum atomic E-state index is -1.00. The molecule has 1 aliphatic rings. The van der Waals surface area contributed by atoms with Gasteiger partial charge in [0.15, 0.2) is 0 Å². The molecule has 0 unspecified atom stereocenters. The highest BCUT2D eigenvalue weighted by Gasteiger charge is 2.31. The van der Waals surface area contributed by atoms with Crippen LogP contribution >= 0.6 is 47.8 Å². The number of hydrogen-bond acceptors (Lipinski definition) is 7. The number of carbonyl (C=O) groups is 3. The van der Waals surface area contributed by atoms with Crippen LogP contribution in [0.4, 0.5) is 10.5 Å². The van der Waals surface area contributed by atoms with E-state index in [0.29, 0.717) is 79.5 Å². The molecule has 1 fully saturated rings. The van der Waals surface area contributed by atoms with Crippen LogP contribution in [0.25, 0.3) is 0 Å². The number of urea groups is 1. The maximum absolute atomic E-state index is 13.9. The lowest BCUT2D eigenvalue weighted by Crippen LogP contribution is -2.58. The minimum absolute atomic E-state index is 0.0302. The molecule has 4 amide bonds. The van der Waals surface area contributed by atoms with Crippen LogP contribution < -0.4 is 26.6 Å². The Kier molecular flexibility index (Phi) is 14.3. The van der Waals surface area contributed by atoms with E-state index in [1.807, 2.05) is 36.4 Å². The third kappa shape index (κ3) is 11.2. The van der Waals surface area contributed by atoms with Gasteiger partial charge >= 0.3 is 6.03 Å². The minimum Gasteiger partial charge on any atom is -0.506 e. The number of rotatable bonds is 14. The average molecular weight is 838 g/mol. The smallest absolute Gasteiger partial charge is 0.315 e. The molecule has 6 N–H and O–H groups in total. The third-order valence-electron chi connectivity index (χ3n) is 7.91. The summed E-state index contributed by atoms with van der Waals surface area (Å²) in [5.74, 6) is -0.603. The molecule has 0 bridgehead atoms. The summed E-state index contributed by atoms with van der Waals surface area (Å²) >= 11 is 10.1. The Bertz CT molecular complexity index is 1480. The summed E-state index contributed by atoms with van der Waals surface area (Å²) in [6, 6.07) is 12.8. The lowest BCUT2D eigenvalue weighted by atomic mass is 10.0. The highest BCUT2D eigenvalue weighted by molar-refractivity contribution is 9.11. The van der Waals surface area contributed by atoms with Gasteiger partial charge in [0.25, 0.3) is 0 Å². The molecule has 2 aromatic carbocycles. The normalized spacial score (nSPS) is 14.3. The number of aromatic hydroxyl groups is 1. The lowest BCUT2D eigenvalue weighted by molar-refractivity contribution is -0.137. The fourth-order valence-electron chi connectivity index (χ4n) is 5.39. The molecule has 3 aromatic rings. The number of nitrogens with zero attached hydrogens (tertiary/aromatic N) is 3. The van der Waals surface area contributed by atoms with E-state index < -0.39 is 24.0 Å². The van der Waals surface area contributed by atoms with E-state index in [2.05, 4.69) is 73.6 Å². The topological polar surface area (TPSA) is 153 Å². The quantitative estimate of drug-likeness (QED) is 0.150. The van der Waals surface area contributed by atoms with Crippen LogP contribution in [-0.2, 0) is 22.4 Å². The summed E-state index contributed by atoms with van der Waals surface area (Å²) in [6.07, 6.45) is 6.03. The Morgan fingerprint density at radius 1 is 0.894 bits per heavy atom. The van der Waals surface area contributed by atoms with E-state index in [1.165, 1.54) is 0 Å². The number of nitrogens with one attached hydrogen (secondary N) is 3. The average Bonchev–Trinajstić information content (AvgIpc) is 3.06. The predicted molar refractivity (Wildman–Crippen MR) is 193 cm³/mol. The SMILES string of the molecule is NCCCC[C@H](NC(=O)[C@H](Cc1cc(Br)c(O)c(Br)c1)NC(=O)NCCc1cccc(Br)c1)C(=O)N1CCN(c2ccncc2)CC1. The van der Waals surface area contributed by atoms with Crippen molar-refractivity contribution in [1.29, 1.82) is 0 Å². The zero-order valence-corrected chi connectivity index (χ0v) is 30.7. The van der Waals surface area contributed by atoms with Gasteiger partial charge in [-0.1, -0.05) is 28.1 Å². The first-order valence-electron chi connectivity index (χ1n) is 15.5. The van der Waals surface area contributed by atoms with Crippen molar-refractivity contribution < 1.29 is 19.5 Å². The van der Waals surface area contributed by atoms with Crippen molar-refractivity contribution in [1.82, 2.24) is 25.8 Å². The lowest BCUT2D eigenvalue weighted by Gasteiger charge is -2.37. The monoisotopic (exact) mass is 835 g/mol. The summed E-state index contributed by atoms with van der Waals surface area (Å²) in [6.45, 7) is 3.19. The van der Waals surface area contributed by atoms with Gasteiger partial charge in [0.2, 0.25) is 11.8 Å². The van der Waals surface area contributed by atoms with Gasteiger partial charge < -0.3 is 36.6 Å². The van der Waals surface area contributed by atoms with Crippen LogP contribution in [0.3, 0.4) is 0 Å². The number of benzene rings is 2. The van der Waals surface area contributed by atoms with Gasteiger partial charge in [0, 0.05) is 61.7 Å². The van der Waals surface area contributed by atoms with Crippen molar-refractivity contribution >= 4 is 71.3 Å². The molecule has 2 atom stereocenters. The molecule has 0 aliphatic carbocycles. The zero-order valence-electron chi connectivity index (χ0n) is 25.9. The standard InChI is InChI=1S/C33H40Br3N7O4/c34-24-5-3-4-22(18-24)7-13-39-33(47)41-29(21-23-19-26(35)30(44)27(36)20-23)31(45)40-28(6-1-2-10-37)32(46)43-16-14-42(15-17-43)25-8-11-38-12-9-25/h3-5,8-9,11-12,18-20,28-29,44H,1-2,6-7,10,13-17,21,37H2,(H,40,45)(H2,39,41,47)/t28-,29-/m0/s1. The molecule has 47 heavy (non-hydrogen) atoms. The molecule has 1 aromatic heterocycles. The molecule has 252 valence electrons. The number of unbranched alkanes of at least 4 members (excludes halogenated alkanes) is 1. The molecule has 2 heterocycles. The van der Waals surface area contributed by atoms with Gasteiger partial charge in [-0.2, -0.15) is 0 Å². The van der Waals surface area contributed by atoms with Crippen molar-refractivity contribution in [2.24, 2.45) is 5.73 Å². The Morgan fingerprint density at radius 3 is 2.26 bits per heavy atom. The van der Waals surface area contributed by atoms with E-state index in [9.17, 15) is 19.5 Å². The number of piperazine rings is 1. The number of nitrogens with two attached hydrogens (primary N) is 1. The zero-order chi connectivity index (χ0) is 33.8. The van der Waals surface area contributed by atoms with Crippen molar-refractivity contribution in [3.05, 3.63) is 85.5 Å². The Balaban J connectivity index is 1.45. The maximum atomic E-state index is 13.9. The number of phenolic OH excluding ortho intramolecular Hbond substituents is 1. The van der Waals surface area contributed by atoms with Crippen LogP contribution in [0.15, 0.2) is 74.3 Å². The van der Waals surface area contributed by atoms with Crippen molar-refractivity contribution in [2.75, 3.05) is 44.2 Å². The number of phenols is 1. The van der Waals surface area contributed by atoms with Gasteiger partial charge in [-0.3, -0.25) is 14.6 Å². The number of hydrogen-bond donors (Lipinski definition) is 5. The summed E-state index contributed by atoms with van der Waals surface area (Å²) in [5.41, 5.74) is 8.53. The first-order valence-corrected chi connectivity index (χ1v) is 17.9. The van der Waals surface area contributed by atoms with E-state index in [0.717, 1.165) is 15.7 Å². The highest BCUT2D eigenvalue weighted by Crippen LogP contribution is 2.33. The second-order valence-corrected chi connectivity index (χ2v) is 13.9. The van der Waals surface area contributed by atoms with Gasteiger partial charge in [0.05, 0.1) is 8.95 Å². The van der Waals surface area contributed by atoms with E-state index in [4.69, 9.17) is 5.73 Å². The summed E-state index contributed by atoms with van der Waals surface area (Å²) < 4.78 is 1.84. The fourth-order valence-corrected chi connectivity index (χ4v) is 7.11. The third-order valence-corrected chi connectivity index (χ3v) is 9.61.